The van der Waals surface area contributed by atoms with Crippen molar-refractivity contribution >= 4 is 19.3 Å². The number of aromatic nitrogens is 5. The van der Waals surface area contributed by atoms with Crippen molar-refractivity contribution < 1.29 is 17.7 Å². The number of nitrogens with zero attached hydrogens (tertiary/aromatic N) is 7. The monoisotopic (exact) mass is 451 g/mol. The van der Waals surface area contributed by atoms with Gasteiger partial charge in [-0.2, -0.15) is 19.0 Å². The summed E-state index contributed by atoms with van der Waals surface area (Å²) in [5.41, 5.74) is 1.80. The topological polar surface area (TPSA) is 71.6 Å². The van der Waals surface area contributed by atoms with Crippen molar-refractivity contribution in [3.05, 3.63) is 31.0 Å². The molecular weight excluding hydrogens is 430 g/mol. The minimum absolute atomic E-state index is 0.131. The minimum atomic E-state index is -2.69. The lowest BCUT2D eigenvalue weighted by Crippen LogP contribution is -2.51. The van der Waals surface area contributed by atoms with Gasteiger partial charge in [-0.3, -0.25) is 0 Å². The molecule has 0 N–H and O–H groups in total. The summed E-state index contributed by atoms with van der Waals surface area (Å²) in [6, 6.07) is 2.13. The number of halogens is 3. The molecule has 4 unspecified atom stereocenters. The summed E-state index contributed by atoms with van der Waals surface area (Å²) in [7, 11) is -2.09. The van der Waals surface area contributed by atoms with Gasteiger partial charge in [0, 0.05) is 48.7 Å². The summed E-state index contributed by atoms with van der Waals surface area (Å²) in [5, 5.41) is 7.97. The smallest absolute Gasteiger partial charge is 0.333 e. The van der Waals surface area contributed by atoms with Crippen molar-refractivity contribution in [3.63, 3.8) is 0 Å². The second kappa shape index (κ2) is 7.06. The molecule has 5 heterocycles. The van der Waals surface area contributed by atoms with Crippen molar-refractivity contribution in [1.29, 1.82) is 0 Å². The maximum atomic E-state index is 13.5. The molecule has 3 aromatic rings. The highest BCUT2D eigenvalue weighted by atomic mass is 31.1. The maximum Gasteiger partial charge on any atom is 0.333 e. The molecule has 6 rings (SSSR count). The van der Waals surface area contributed by atoms with Crippen LogP contribution in [0.5, 0.6) is 0 Å². The Morgan fingerprint density at radius 2 is 1.84 bits per heavy atom. The number of piperazine rings is 1. The zero-order chi connectivity index (χ0) is 21.3. The van der Waals surface area contributed by atoms with Crippen LogP contribution in [0, 0.1) is 0 Å². The van der Waals surface area contributed by atoms with E-state index in [1.165, 1.54) is 18.7 Å². The van der Waals surface area contributed by atoms with Crippen molar-refractivity contribution in [2.24, 2.45) is 0 Å². The van der Waals surface area contributed by atoms with Crippen LogP contribution in [-0.2, 0) is 4.57 Å². The molecule has 2 aliphatic heterocycles. The lowest BCUT2D eigenvalue weighted by Gasteiger charge is -2.41. The van der Waals surface area contributed by atoms with Crippen LogP contribution < -0.4 is 4.90 Å². The minimum Gasteiger partial charge on any atom is -0.352 e. The van der Waals surface area contributed by atoms with E-state index >= 15 is 0 Å². The molecule has 31 heavy (non-hydrogen) atoms. The van der Waals surface area contributed by atoms with Gasteiger partial charge in [-0.1, -0.05) is 0 Å². The van der Waals surface area contributed by atoms with Crippen LogP contribution >= 0.6 is 7.95 Å². The molecule has 164 valence electrons. The zero-order valence-electron chi connectivity index (χ0n) is 16.5. The second-order valence-electron chi connectivity index (χ2n) is 8.52. The van der Waals surface area contributed by atoms with Gasteiger partial charge in [-0.25, -0.2) is 23.2 Å². The first-order chi connectivity index (χ1) is 15.0. The van der Waals surface area contributed by atoms with E-state index in [1.54, 1.807) is 10.7 Å². The first-order valence-corrected chi connectivity index (χ1v) is 11.8. The van der Waals surface area contributed by atoms with E-state index in [0.29, 0.717) is 29.8 Å². The fourth-order valence-corrected chi connectivity index (χ4v) is 7.22. The first kappa shape index (κ1) is 19.3. The number of anilines is 1. The third-order valence-corrected chi connectivity index (χ3v) is 9.06. The van der Waals surface area contributed by atoms with E-state index in [2.05, 4.69) is 24.8 Å². The van der Waals surface area contributed by atoms with Gasteiger partial charge in [0.05, 0.1) is 11.9 Å². The Morgan fingerprint density at radius 1 is 1.10 bits per heavy atom. The summed E-state index contributed by atoms with van der Waals surface area (Å²) in [6.45, 7) is -1.34. The predicted octanol–water partition coefficient (Wildman–Crippen LogP) is 3.23. The van der Waals surface area contributed by atoms with E-state index in [0.717, 1.165) is 29.7 Å². The van der Waals surface area contributed by atoms with Crippen molar-refractivity contribution in [2.75, 3.05) is 18.0 Å². The standard InChI is InChI=1S/C19H21F3N7OP/c20-15-4-17(15)31(30)29-13-1-2-14(29)9-26(8-13)18-16-3-11(6-27(16)25-10-23-18)12-5-24-28(7-12)19(21)22/h3,5-7,10,13-15,17,19,31H,1-2,4,8-9H2/t13?,14?,15-,17?/m1/s1. The summed E-state index contributed by atoms with van der Waals surface area (Å²) in [5.74, 6) is 0.758. The highest BCUT2D eigenvalue weighted by Gasteiger charge is 2.51. The normalized spacial score (nSPS) is 29.2. The van der Waals surface area contributed by atoms with E-state index in [9.17, 15) is 17.7 Å². The SMILES string of the molecule is O=[PH](C1C[C@H]1F)N1C2CCC1CN(c1ncnn3cc(-c4cnn(C(F)F)c4)cc13)C2. The molecule has 8 nitrogen and oxygen atoms in total. The number of hydrogen-bond acceptors (Lipinski definition) is 5. The molecule has 2 saturated heterocycles. The fourth-order valence-electron chi connectivity index (χ4n) is 4.96. The summed E-state index contributed by atoms with van der Waals surface area (Å²) >= 11 is 0. The average molecular weight is 451 g/mol. The lowest BCUT2D eigenvalue weighted by molar-refractivity contribution is 0.0566. The van der Waals surface area contributed by atoms with Crippen LogP contribution in [0.15, 0.2) is 31.0 Å². The molecule has 3 fully saturated rings. The highest BCUT2D eigenvalue weighted by Crippen LogP contribution is 2.54. The van der Waals surface area contributed by atoms with Gasteiger partial charge >= 0.3 is 6.55 Å². The fraction of sp³-hybridized carbons (Fsp3) is 0.526. The molecule has 12 heteroatoms. The van der Waals surface area contributed by atoms with Crippen molar-refractivity contribution in [3.8, 4) is 11.1 Å². The molecule has 1 saturated carbocycles. The molecule has 3 aliphatic rings. The van der Waals surface area contributed by atoms with Crippen molar-refractivity contribution in [1.82, 2.24) is 29.0 Å². The Kier molecular flexibility index (Phi) is 4.40. The van der Waals surface area contributed by atoms with Gasteiger partial charge in [0.2, 0.25) is 0 Å². The third kappa shape index (κ3) is 3.17. The molecule has 0 spiro atoms. The Hall–Kier alpha value is -2.39. The summed E-state index contributed by atoms with van der Waals surface area (Å²) in [6.07, 6.45) is 7.37. The van der Waals surface area contributed by atoms with Gasteiger partial charge in [-0.15, -0.1) is 0 Å². The second-order valence-corrected chi connectivity index (χ2v) is 10.5. The van der Waals surface area contributed by atoms with Crippen LogP contribution in [0.3, 0.4) is 0 Å². The quantitative estimate of drug-likeness (QED) is 0.555. The molecule has 0 aromatic carbocycles. The maximum absolute atomic E-state index is 13.5. The summed E-state index contributed by atoms with van der Waals surface area (Å²) in [4.78, 5) is 6.68. The van der Waals surface area contributed by atoms with Crippen LogP contribution in [0.4, 0.5) is 19.0 Å². The van der Waals surface area contributed by atoms with Crippen LogP contribution in [0.25, 0.3) is 16.6 Å². The number of alkyl halides is 3. The van der Waals surface area contributed by atoms with Crippen LogP contribution in [0.2, 0.25) is 0 Å². The van der Waals surface area contributed by atoms with Gasteiger partial charge in [-0.05, 0) is 25.3 Å². The molecular formula is C19H21F3N7OP. The average Bonchev–Trinajstić information content (AvgIpc) is 3.12. The Bertz CT molecular complexity index is 1150. The molecule has 5 atom stereocenters. The lowest BCUT2D eigenvalue weighted by atomic mass is 10.2. The number of rotatable bonds is 5. The van der Waals surface area contributed by atoms with Gasteiger partial charge in [0.1, 0.15) is 26.0 Å². The predicted molar refractivity (Wildman–Crippen MR) is 109 cm³/mol. The van der Waals surface area contributed by atoms with Gasteiger partial charge in [0.25, 0.3) is 0 Å². The van der Waals surface area contributed by atoms with Gasteiger partial charge in [0.15, 0.2) is 5.82 Å². The molecule has 3 aromatic heterocycles. The Morgan fingerprint density at radius 3 is 2.48 bits per heavy atom. The summed E-state index contributed by atoms with van der Waals surface area (Å²) < 4.78 is 56.5. The Balaban J connectivity index is 1.29. The molecule has 2 bridgehead atoms. The van der Waals surface area contributed by atoms with Gasteiger partial charge < -0.3 is 9.46 Å². The highest BCUT2D eigenvalue weighted by molar-refractivity contribution is 7.43. The van der Waals surface area contributed by atoms with E-state index in [1.807, 2.05) is 6.07 Å². The largest absolute Gasteiger partial charge is 0.352 e. The first-order valence-electron chi connectivity index (χ1n) is 10.4. The number of fused-ring (bicyclic) bond motifs is 3. The third-order valence-electron chi connectivity index (χ3n) is 6.59. The van der Waals surface area contributed by atoms with E-state index < -0.39 is 20.7 Å². The molecule has 0 radical (unpaired) electrons. The van der Waals surface area contributed by atoms with Crippen LogP contribution in [0.1, 0.15) is 25.8 Å². The van der Waals surface area contributed by atoms with E-state index in [-0.39, 0.29) is 17.7 Å². The Labute approximate surface area is 176 Å². The molecule has 0 amide bonds. The van der Waals surface area contributed by atoms with Crippen molar-refractivity contribution in [2.45, 2.75) is 49.7 Å². The number of hydrogen-bond donors (Lipinski definition) is 0. The van der Waals surface area contributed by atoms with Crippen LogP contribution in [-0.4, -0.2) is 66.1 Å². The van der Waals surface area contributed by atoms with E-state index in [4.69, 9.17) is 0 Å². The molecule has 1 aliphatic carbocycles. The zero-order valence-corrected chi connectivity index (χ0v) is 17.5.